The van der Waals surface area contributed by atoms with Crippen molar-refractivity contribution in [1.29, 1.82) is 0 Å². The number of nitrogens with two attached hydrogens (primary N) is 1. The second kappa shape index (κ2) is 10.4. The van der Waals surface area contributed by atoms with Crippen molar-refractivity contribution >= 4 is 23.5 Å². The van der Waals surface area contributed by atoms with E-state index < -0.39 is 71.5 Å². The number of hydrogen-bond acceptors (Lipinski definition) is 11. The standard InChI is InChI=1S/C14H21FN3O14P3/c1-7-6-9(19)17-13(21)18(7)12-14(16,4-3-5-15)11(20)10(29-12)8(2)30-34(25,26)32-35(27,28)31-33(22,23)24/h6,8,10-12,20H,5,16H2,1-2H3,(H,25,26)(H,27,28)(H,17,19,21)(H2,22,23,24)/t8-,10+,11-,12+,14?/m0/s1. The van der Waals surface area contributed by atoms with E-state index in [0.29, 0.717) is 0 Å². The number of aromatic nitrogens is 2. The zero-order valence-electron chi connectivity index (χ0n) is 17.7. The van der Waals surface area contributed by atoms with E-state index in [4.69, 9.17) is 20.3 Å². The minimum atomic E-state index is -5.83. The number of alkyl halides is 1. The number of hydrogen-bond donors (Lipinski definition) is 7. The normalized spacial score (nSPS) is 29.0. The van der Waals surface area contributed by atoms with Crippen LogP contribution >= 0.6 is 23.5 Å². The highest BCUT2D eigenvalue weighted by Gasteiger charge is 2.57. The quantitative estimate of drug-likeness (QED) is 0.139. The summed E-state index contributed by atoms with van der Waals surface area (Å²) in [4.78, 5) is 62.0. The smallest absolute Gasteiger partial charge is 0.387 e. The number of nitrogens with zero attached hydrogens (tertiary/aromatic N) is 1. The SMILES string of the molecule is Cc1cc(=O)[nH]c(=O)n1[C@@H]1O[C@H]([C@H](C)OP(=O)(O)OP(=O)(O)OP(=O)(O)O)[C@H](O)C1(N)C#CCF. The Hall–Kier alpha value is -1.54. The van der Waals surface area contributed by atoms with Crippen molar-refractivity contribution in [2.45, 2.75) is 43.9 Å². The first-order chi connectivity index (χ1) is 15.8. The van der Waals surface area contributed by atoms with Crippen LogP contribution in [0.25, 0.3) is 0 Å². The van der Waals surface area contributed by atoms with Crippen LogP contribution in [0.5, 0.6) is 0 Å². The molecule has 3 unspecified atom stereocenters. The van der Waals surface area contributed by atoms with E-state index in [9.17, 15) is 42.6 Å². The fourth-order valence-electron chi connectivity index (χ4n) is 3.20. The molecule has 17 nitrogen and oxygen atoms in total. The number of aliphatic hydroxyl groups is 1. The number of aliphatic hydroxyl groups excluding tert-OH is 1. The van der Waals surface area contributed by atoms with Gasteiger partial charge >= 0.3 is 29.2 Å². The summed E-state index contributed by atoms with van der Waals surface area (Å²) >= 11 is 0. The molecule has 35 heavy (non-hydrogen) atoms. The van der Waals surface area contributed by atoms with E-state index in [-0.39, 0.29) is 5.69 Å². The van der Waals surface area contributed by atoms with Crippen LogP contribution in [0.15, 0.2) is 15.7 Å². The van der Waals surface area contributed by atoms with Crippen LogP contribution < -0.4 is 17.0 Å². The number of phosphoric ester groups is 1. The van der Waals surface area contributed by atoms with Crippen LogP contribution in [0.1, 0.15) is 18.8 Å². The average Bonchev–Trinajstić information content (AvgIpc) is 2.88. The minimum Gasteiger partial charge on any atom is -0.387 e. The zero-order valence-corrected chi connectivity index (χ0v) is 20.4. The molecule has 0 saturated carbocycles. The summed E-state index contributed by atoms with van der Waals surface area (Å²) in [5.74, 6) is 4.18. The molecule has 0 aromatic carbocycles. The van der Waals surface area contributed by atoms with E-state index in [2.05, 4.69) is 19.1 Å². The van der Waals surface area contributed by atoms with Crippen LogP contribution in [-0.2, 0) is 31.6 Å². The molecule has 2 heterocycles. The topological polar surface area (TPSA) is 270 Å². The molecule has 198 valence electrons. The van der Waals surface area contributed by atoms with Crippen LogP contribution in [0.2, 0.25) is 0 Å². The van der Waals surface area contributed by atoms with Gasteiger partial charge in [0.2, 0.25) is 0 Å². The summed E-state index contributed by atoms with van der Waals surface area (Å²) in [6, 6.07) is 0.975. The van der Waals surface area contributed by atoms with Gasteiger partial charge in [-0.05, 0) is 13.8 Å². The highest BCUT2D eigenvalue weighted by molar-refractivity contribution is 7.66. The lowest BCUT2D eigenvalue weighted by Gasteiger charge is -2.29. The van der Waals surface area contributed by atoms with Crippen molar-refractivity contribution in [2.75, 3.05) is 6.67 Å². The molecule has 1 aliphatic rings. The number of rotatable bonds is 8. The van der Waals surface area contributed by atoms with Gasteiger partial charge in [-0.25, -0.2) is 22.9 Å². The minimum absolute atomic E-state index is 0.0194. The summed E-state index contributed by atoms with van der Waals surface area (Å²) in [5.41, 5.74) is 2.02. The maximum Gasteiger partial charge on any atom is 0.490 e. The van der Waals surface area contributed by atoms with Crippen LogP contribution in [0.3, 0.4) is 0 Å². The van der Waals surface area contributed by atoms with Crippen molar-refractivity contribution in [2.24, 2.45) is 5.73 Å². The molecule has 0 radical (unpaired) electrons. The molecule has 0 aliphatic carbocycles. The number of phosphoric acid groups is 3. The van der Waals surface area contributed by atoms with E-state index in [0.717, 1.165) is 17.6 Å². The maximum absolute atomic E-state index is 12.7. The van der Waals surface area contributed by atoms with E-state index in [1.807, 2.05) is 10.9 Å². The molecule has 1 aliphatic heterocycles. The summed E-state index contributed by atoms with van der Waals surface area (Å²) in [7, 11) is -17.1. The Kier molecular flexibility index (Phi) is 8.86. The van der Waals surface area contributed by atoms with Gasteiger partial charge in [-0.3, -0.25) is 18.9 Å². The van der Waals surface area contributed by atoms with Gasteiger partial charge in [-0.2, -0.15) is 8.62 Å². The molecule has 0 amide bonds. The summed E-state index contributed by atoms with van der Waals surface area (Å²) < 4.78 is 65.2. The number of aryl methyl sites for hydroxylation is 1. The number of nitrogens with one attached hydrogen (secondary N) is 1. The Morgan fingerprint density at radius 1 is 1.26 bits per heavy atom. The molecule has 0 spiro atoms. The van der Waals surface area contributed by atoms with E-state index in [1.54, 1.807) is 0 Å². The van der Waals surface area contributed by atoms with Crippen LogP contribution in [0, 0.1) is 18.8 Å². The monoisotopic (exact) mass is 567 g/mol. The molecule has 7 atom stereocenters. The Balaban J connectivity index is 2.40. The van der Waals surface area contributed by atoms with E-state index in [1.165, 1.54) is 6.92 Å². The third kappa shape index (κ3) is 7.25. The molecule has 1 saturated heterocycles. The summed E-state index contributed by atoms with van der Waals surface area (Å²) in [6.45, 7) is 1.07. The molecular formula is C14H21FN3O14P3. The summed E-state index contributed by atoms with van der Waals surface area (Å²) in [6.07, 6.45) is -7.17. The third-order valence-corrected chi connectivity index (χ3v) is 8.37. The van der Waals surface area contributed by atoms with Gasteiger partial charge in [-0.1, -0.05) is 11.8 Å². The number of halogens is 1. The number of H-pyrrole nitrogens is 1. The largest absolute Gasteiger partial charge is 0.490 e. The average molecular weight is 567 g/mol. The lowest BCUT2D eigenvalue weighted by atomic mass is 9.90. The first-order valence-electron chi connectivity index (χ1n) is 9.15. The number of ether oxygens (including phenoxy) is 1. The highest BCUT2D eigenvalue weighted by atomic mass is 31.3. The summed E-state index contributed by atoms with van der Waals surface area (Å²) in [5, 5.41) is 10.8. The Bertz CT molecular complexity index is 1280. The van der Waals surface area contributed by atoms with Crippen molar-refractivity contribution in [3.63, 3.8) is 0 Å². The van der Waals surface area contributed by atoms with Gasteiger partial charge in [0.15, 0.2) is 11.8 Å². The number of aromatic amines is 1. The van der Waals surface area contributed by atoms with Crippen molar-refractivity contribution in [1.82, 2.24) is 9.55 Å². The lowest BCUT2D eigenvalue weighted by Crippen LogP contribution is -2.56. The van der Waals surface area contributed by atoms with Crippen LogP contribution in [0.4, 0.5) is 4.39 Å². The molecule has 2 rings (SSSR count). The van der Waals surface area contributed by atoms with E-state index >= 15 is 0 Å². The second-order valence-corrected chi connectivity index (χ2v) is 11.5. The highest BCUT2D eigenvalue weighted by Crippen LogP contribution is 2.66. The van der Waals surface area contributed by atoms with Crippen molar-refractivity contribution < 1.29 is 60.6 Å². The first-order valence-corrected chi connectivity index (χ1v) is 13.7. The zero-order chi connectivity index (χ0) is 27.0. The molecule has 1 aromatic rings. The Morgan fingerprint density at radius 3 is 2.37 bits per heavy atom. The fraction of sp³-hybridized carbons (Fsp3) is 0.571. The molecule has 8 N–H and O–H groups in total. The molecular weight excluding hydrogens is 546 g/mol. The predicted octanol–water partition coefficient (Wildman–Crippen LogP) is -1.49. The fourth-order valence-corrected chi connectivity index (χ4v) is 6.40. The van der Waals surface area contributed by atoms with Gasteiger partial charge in [0, 0.05) is 11.8 Å². The van der Waals surface area contributed by atoms with Crippen LogP contribution in [-0.4, -0.2) is 64.8 Å². The van der Waals surface area contributed by atoms with Crippen molar-refractivity contribution in [3.05, 3.63) is 32.6 Å². The van der Waals surface area contributed by atoms with Crippen molar-refractivity contribution in [3.8, 4) is 11.8 Å². The Labute approximate surface area is 195 Å². The lowest BCUT2D eigenvalue weighted by molar-refractivity contribution is -0.0760. The first kappa shape index (κ1) is 29.7. The van der Waals surface area contributed by atoms with Gasteiger partial charge < -0.3 is 35.2 Å². The second-order valence-electron chi connectivity index (χ2n) is 7.12. The van der Waals surface area contributed by atoms with Gasteiger partial charge in [0.05, 0.1) is 6.10 Å². The molecule has 21 heteroatoms. The van der Waals surface area contributed by atoms with Gasteiger partial charge in [-0.15, -0.1) is 0 Å². The Morgan fingerprint density at radius 2 is 1.86 bits per heavy atom. The maximum atomic E-state index is 12.7. The van der Waals surface area contributed by atoms with Gasteiger partial charge in [0.25, 0.3) is 5.56 Å². The predicted molar refractivity (Wildman–Crippen MR) is 111 cm³/mol. The molecule has 1 aromatic heterocycles. The molecule has 0 bridgehead atoms. The molecule has 1 fully saturated rings. The third-order valence-electron chi connectivity index (χ3n) is 4.45. The van der Waals surface area contributed by atoms with Gasteiger partial charge in [0.1, 0.15) is 18.9 Å².